The Morgan fingerprint density at radius 1 is 1.13 bits per heavy atom. The van der Waals surface area contributed by atoms with Crippen molar-refractivity contribution >= 4 is 34.8 Å². The number of halogens is 4. The van der Waals surface area contributed by atoms with Crippen LogP contribution < -0.4 is 0 Å². The minimum Gasteiger partial charge on any atom is -0.382 e. The maximum absolute atomic E-state index is 14.3. The topological polar surface area (TPSA) is 81.6 Å². The van der Waals surface area contributed by atoms with E-state index in [9.17, 15) is 9.50 Å². The van der Waals surface area contributed by atoms with Crippen molar-refractivity contribution in [3.8, 4) is 5.69 Å². The average molecular weight is 482 g/mol. The minimum absolute atomic E-state index is 0.0394. The van der Waals surface area contributed by atoms with Crippen LogP contribution in [0.5, 0.6) is 0 Å². The third-order valence-electron chi connectivity index (χ3n) is 5.09. The molecule has 0 radical (unpaired) electrons. The van der Waals surface area contributed by atoms with Gasteiger partial charge in [-0.2, -0.15) is 5.10 Å². The Kier molecular flexibility index (Phi) is 5.98. The second-order valence-corrected chi connectivity index (χ2v) is 8.33. The minimum atomic E-state index is -1.55. The van der Waals surface area contributed by atoms with Crippen LogP contribution in [-0.2, 0) is 12.1 Å². The van der Waals surface area contributed by atoms with Crippen LogP contribution in [0.2, 0.25) is 15.1 Å². The predicted molar refractivity (Wildman–Crippen MR) is 115 cm³/mol. The Morgan fingerprint density at radius 2 is 1.87 bits per heavy atom. The summed E-state index contributed by atoms with van der Waals surface area (Å²) in [6.07, 6.45) is 4.41. The van der Waals surface area contributed by atoms with E-state index in [1.54, 1.807) is 37.4 Å². The molecule has 2 aromatic heterocycles. The van der Waals surface area contributed by atoms with Gasteiger partial charge in [0.1, 0.15) is 29.8 Å². The zero-order valence-corrected chi connectivity index (χ0v) is 18.4. The first-order valence-corrected chi connectivity index (χ1v) is 10.3. The smallest absolute Gasteiger partial charge is 0.150 e. The van der Waals surface area contributed by atoms with E-state index in [1.807, 2.05) is 0 Å². The summed E-state index contributed by atoms with van der Waals surface area (Å²) in [7, 11) is 0. The average Bonchev–Trinajstić information content (AvgIpc) is 3.39. The van der Waals surface area contributed by atoms with E-state index in [2.05, 4.69) is 20.4 Å². The molecule has 160 valence electrons. The van der Waals surface area contributed by atoms with Crippen LogP contribution in [0.1, 0.15) is 24.1 Å². The molecule has 4 aromatic rings. The Bertz CT molecular complexity index is 1220. The van der Waals surface area contributed by atoms with E-state index in [4.69, 9.17) is 34.8 Å². The van der Waals surface area contributed by atoms with Gasteiger partial charge in [0, 0.05) is 26.5 Å². The molecular formula is C20H16Cl3FN6O. The zero-order valence-electron chi connectivity index (χ0n) is 16.1. The van der Waals surface area contributed by atoms with Gasteiger partial charge in [0.25, 0.3) is 0 Å². The molecule has 1 N–H and O–H groups in total. The van der Waals surface area contributed by atoms with Crippen LogP contribution >= 0.6 is 34.8 Å². The highest BCUT2D eigenvalue weighted by Crippen LogP contribution is 2.41. The fourth-order valence-corrected chi connectivity index (χ4v) is 4.09. The molecule has 2 aromatic carbocycles. The largest absolute Gasteiger partial charge is 0.382 e. The summed E-state index contributed by atoms with van der Waals surface area (Å²) in [6.45, 7) is 1.81. The van der Waals surface area contributed by atoms with Crippen molar-refractivity contribution in [2.75, 3.05) is 0 Å². The SMILES string of the molecule is CC(c1cn(-c2ccc(Cl)cc2F)nn1)C(O)(Cn1cncn1)c1ccc(Cl)cc1Cl. The molecule has 0 saturated carbocycles. The van der Waals surface area contributed by atoms with Crippen LogP contribution in [0.4, 0.5) is 4.39 Å². The maximum atomic E-state index is 14.3. The Hall–Kier alpha value is -2.52. The summed E-state index contributed by atoms with van der Waals surface area (Å²) < 4.78 is 17.1. The van der Waals surface area contributed by atoms with E-state index in [0.29, 0.717) is 16.3 Å². The number of benzene rings is 2. The molecule has 0 spiro atoms. The third kappa shape index (κ3) is 4.29. The quantitative estimate of drug-likeness (QED) is 0.433. The van der Waals surface area contributed by atoms with Crippen molar-refractivity contribution in [3.05, 3.63) is 87.4 Å². The van der Waals surface area contributed by atoms with Gasteiger partial charge < -0.3 is 5.11 Å². The summed E-state index contributed by atoms with van der Waals surface area (Å²) in [6, 6.07) is 9.09. The van der Waals surface area contributed by atoms with Crippen molar-refractivity contribution in [2.45, 2.75) is 25.0 Å². The Labute approximate surface area is 192 Å². The van der Waals surface area contributed by atoms with Gasteiger partial charge in [0.15, 0.2) is 0 Å². The van der Waals surface area contributed by atoms with Gasteiger partial charge in [-0.25, -0.2) is 18.7 Å². The molecule has 31 heavy (non-hydrogen) atoms. The fraction of sp³-hybridized carbons (Fsp3) is 0.200. The lowest BCUT2D eigenvalue weighted by molar-refractivity contribution is -0.00906. The number of hydrogen-bond donors (Lipinski definition) is 1. The summed E-state index contributed by atoms with van der Waals surface area (Å²) in [5.74, 6) is -1.16. The maximum Gasteiger partial charge on any atom is 0.150 e. The molecule has 7 nitrogen and oxygen atoms in total. The summed E-state index contributed by atoms with van der Waals surface area (Å²) in [5.41, 5.74) is -0.508. The van der Waals surface area contributed by atoms with Gasteiger partial charge in [-0.05, 0) is 30.3 Å². The van der Waals surface area contributed by atoms with Crippen molar-refractivity contribution in [2.24, 2.45) is 0 Å². The van der Waals surface area contributed by atoms with Gasteiger partial charge in [-0.15, -0.1) is 5.10 Å². The fourth-order valence-electron chi connectivity index (χ4n) is 3.36. The number of aliphatic hydroxyl groups is 1. The normalized spacial score (nSPS) is 14.4. The molecule has 0 aliphatic rings. The van der Waals surface area contributed by atoms with Gasteiger partial charge in [0.05, 0.1) is 18.4 Å². The van der Waals surface area contributed by atoms with E-state index < -0.39 is 17.3 Å². The molecule has 0 fully saturated rings. The van der Waals surface area contributed by atoms with Crippen molar-refractivity contribution in [1.82, 2.24) is 29.8 Å². The first-order chi connectivity index (χ1) is 14.8. The summed E-state index contributed by atoms with van der Waals surface area (Å²) in [4.78, 5) is 3.93. The molecule has 4 rings (SSSR count). The molecule has 0 aliphatic carbocycles. The lowest BCUT2D eigenvalue weighted by Gasteiger charge is -2.34. The molecule has 0 aliphatic heterocycles. The van der Waals surface area contributed by atoms with Crippen LogP contribution in [0.25, 0.3) is 5.69 Å². The van der Waals surface area contributed by atoms with Crippen molar-refractivity contribution in [3.63, 3.8) is 0 Å². The summed E-state index contributed by atoms with van der Waals surface area (Å²) in [5, 5.41) is 25.1. The van der Waals surface area contributed by atoms with Crippen molar-refractivity contribution in [1.29, 1.82) is 0 Å². The lowest BCUT2D eigenvalue weighted by atomic mass is 9.80. The second-order valence-electron chi connectivity index (χ2n) is 7.05. The van der Waals surface area contributed by atoms with Crippen LogP contribution in [0.3, 0.4) is 0 Å². The predicted octanol–water partition coefficient (Wildman–Crippen LogP) is 4.65. The monoisotopic (exact) mass is 480 g/mol. The first kappa shape index (κ1) is 21.7. The third-order valence-corrected chi connectivity index (χ3v) is 5.88. The highest BCUT2D eigenvalue weighted by Gasteiger charge is 2.40. The molecule has 0 saturated heterocycles. The van der Waals surface area contributed by atoms with Crippen molar-refractivity contribution < 1.29 is 9.50 Å². The highest BCUT2D eigenvalue weighted by atomic mass is 35.5. The molecule has 0 bridgehead atoms. The molecule has 2 unspecified atom stereocenters. The number of rotatable bonds is 6. The van der Waals surface area contributed by atoms with E-state index in [-0.39, 0.29) is 22.3 Å². The standard InChI is InChI=1S/C20H16Cl3FN6O/c1-12(18-8-30(28-27-18)19-5-3-14(22)7-17(19)24)20(31,9-29-11-25-10-26-29)15-4-2-13(21)6-16(15)23/h2-8,10-12,31H,9H2,1H3. The molecule has 0 amide bonds. The van der Waals surface area contributed by atoms with Gasteiger partial charge in [-0.1, -0.05) is 53.0 Å². The van der Waals surface area contributed by atoms with E-state index >= 15 is 0 Å². The van der Waals surface area contributed by atoms with Crippen LogP contribution in [-0.4, -0.2) is 34.9 Å². The number of nitrogens with zero attached hydrogens (tertiary/aromatic N) is 6. The number of hydrogen-bond acceptors (Lipinski definition) is 5. The summed E-state index contributed by atoms with van der Waals surface area (Å²) >= 11 is 18.3. The zero-order chi connectivity index (χ0) is 22.2. The van der Waals surface area contributed by atoms with Crippen LogP contribution in [0, 0.1) is 5.82 Å². The highest BCUT2D eigenvalue weighted by molar-refractivity contribution is 6.35. The Balaban J connectivity index is 1.76. The van der Waals surface area contributed by atoms with E-state index in [0.717, 1.165) is 0 Å². The first-order valence-electron chi connectivity index (χ1n) is 9.16. The molecule has 11 heteroatoms. The van der Waals surface area contributed by atoms with Gasteiger partial charge in [-0.3, -0.25) is 0 Å². The molecule has 2 heterocycles. The lowest BCUT2D eigenvalue weighted by Crippen LogP contribution is -2.37. The Morgan fingerprint density at radius 3 is 2.55 bits per heavy atom. The van der Waals surface area contributed by atoms with Gasteiger partial charge in [0.2, 0.25) is 0 Å². The molecule has 2 atom stereocenters. The number of aromatic nitrogens is 6. The van der Waals surface area contributed by atoms with Gasteiger partial charge >= 0.3 is 0 Å². The van der Waals surface area contributed by atoms with Crippen LogP contribution in [0.15, 0.2) is 55.2 Å². The van der Waals surface area contributed by atoms with E-state index in [1.165, 1.54) is 34.2 Å². The molecular weight excluding hydrogens is 466 g/mol. The second kappa shape index (κ2) is 8.55.